The van der Waals surface area contributed by atoms with Gasteiger partial charge >= 0.3 is 0 Å². The molecular weight excluding hydrogens is 320 g/mol. The van der Waals surface area contributed by atoms with E-state index in [0.717, 1.165) is 23.5 Å². The predicted molar refractivity (Wildman–Crippen MR) is 93.8 cm³/mol. The van der Waals surface area contributed by atoms with E-state index >= 15 is 0 Å². The third kappa shape index (κ3) is 3.79. The lowest BCUT2D eigenvalue weighted by Gasteiger charge is -2.41. The molecule has 0 saturated carbocycles. The summed E-state index contributed by atoms with van der Waals surface area (Å²) in [7, 11) is 3.21. The van der Waals surface area contributed by atoms with E-state index in [4.69, 9.17) is 23.7 Å². The van der Waals surface area contributed by atoms with Gasteiger partial charge in [0.1, 0.15) is 11.5 Å². The van der Waals surface area contributed by atoms with Crippen LogP contribution in [0.2, 0.25) is 0 Å². The second-order valence-corrected chi connectivity index (χ2v) is 6.30. The summed E-state index contributed by atoms with van der Waals surface area (Å²) < 4.78 is 27.5. The van der Waals surface area contributed by atoms with Crippen molar-refractivity contribution in [2.75, 3.05) is 27.8 Å². The van der Waals surface area contributed by atoms with Gasteiger partial charge in [0.25, 0.3) is 0 Å². The van der Waals surface area contributed by atoms with E-state index in [1.807, 2.05) is 42.5 Å². The molecule has 3 rings (SSSR count). The van der Waals surface area contributed by atoms with Crippen LogP contribution < -0.4 is 9.47 Å². The zero-order valence-electron chi connectivity index (χ0n) is 14.9. The van der Waals surface area contributed by atoms with Crippen LogP contribution in [0.1, 0.15) is 18.1 Å². The number of ether oxygens (including phenoxy) is 5. The van der Waals surface area contributed by atoms with Crippen LogP contribution in [0, 0.1) is 0 Å². The van der Waals surface area contributed by atoms with Gasteiger partial charge in [0.2, 0.25) is 6.29 Å². The highest BCUT2D eigenvalue weighted by Crippen LogP contribution is 2.41. The van der Waals surface area contributed by atoms with Crippen molar-refractivity contribution < 1.29 is 23.7 Å². The Morgan fingerprint density at radius 2 is 1.72 bits per heavy atom. The molecule has 25 heavy (non-hydrogen) atoms. The van der Waals surface area contributed by atoms with Gasteiger partial charge in [0, 0.05) is 14.2 Å². The van der Waals surface area contributed by atoms with E-state index in [-0.39, 0.29) is 19.0 Å². The molecule has 0 amide bonds. The van der Waals surface area contributed by atoms with Gasteiger partial charge in [-0.05, 0) is 42.7 Å². The molecule has 1 heterocycles. The molecule has 2 atom stereocenters. The Kier molecular flexibility index (Phi) is 5.58. The molecule has 0 aromatic heterocycles. The summed E-state index contributed by atoms with van der Waals surface area (Å²) in [5, 5.41) is 0. The molecule has 0 radical (unpaired) electrons. The van der Waals surface area contributed by atoms with Gasteiger partial charge in [-0.15, -0.1) is 0 Å². The summed E-state index contributed by atoms with van der Waals surface area (Å²) in [6, 6.07) is 16.0. The largest absolute Gasteiger partial charge is 0.468 e. The Balaban J connectivity index is 1.89. The van der Waals surface area contributed by atoms with Crippen LogP contribution in [-0.4, -0.2) is 34.1 Å². The molecule has 0 spiro atoms. The molecule has 134 valence electrons. The predicted octanol–water partition coefficient (Wildman–Crippen LogP) is 3.51. The van der Waals surface area contributed by atoms with Crippen molar-refractivity contribution in [3.8, 4) is 11.5 Å². The minimum absolute atomic E-state index is 0.178. The lowest BCUT2D eigenvalue weighted by atomic mass is 9.75. The fourth-order valence-electron chi connectivity index (χ4n) is 3.13. The van der Waals surface area contributed by atoms with Crippen LogP contribution in [0.15, 0.2) is 48.5 Å². The van der Waals surface area contributed by atoms with E-state index in [9.17, 15) is 0 Å². The number of rotatable bonds is 7. The number of fused-ring (bicyclic) bond motifs is 1. The smallest absolute Gasteiger partial charge is 0.211 e. The van der Waals surface area contributed by atoms with Crippen LogP contribution in [-0.2, 0) is 26.0 Å². The molecular formula is C20H24O5. The van der Waals surface area contributed by atoms with Gasteiger partial charge in [-0.25, -0.2) is 0 Å². The molecule has 5 nitrogen and oxygen atoms in total. The average molecular weight is 344 g/mol. The molecule has 0 saturated heterocycles. The first kappa shape index (κ1) is 17.7. The molecule has 1 aliphatic heterocycles. The Bertz CT molecular complexity index is 685. The zero-order chi connectivity index (χ0) is 17.7. The van der Waals surface area contributed by atoms with Crippen molar-refractivity contribution in [2.45, 2.75) is 25.0 Å². The summed E-state index contributed by atoms with van der Waals surface area (Å²) >= 11 is 0. The molecule has 0 N–H and O–H groups in total. The molecule has 0 aliphatic carbocycles. The lowest BCUT2D eigenvalue weighted by Crippen LogP contribution is -2.47. The summed E-state index contributed by atoms with van der Waals surface area (Å²) in [4.78, 5) is 0. The fourth-order valence-corrected chi connectivity index (χ4v) is 3.13. The topological polar surface area (TPSA) is 46.2 Å². The van der Waals surface area contributed by atoms with Crippen LogP contribution in [0.5, 0.6) is 11.5 Å². The van der Waals surface area contributed by atoms with Crippen molar-refractivity contribution in [3.63, 3.8) is 0 Å². The second-order valence-electron chi connectivity index (χ2n) is 6.30. The quantitative estimate of drug-likeness (QED) is 0.719. The first-order chi connectivity index (χ1) is 12.2. The highest BCUT2D eigenvalue weighted by Gasteiger charge is 2.43. The van der Waals surface area contributed by atoms with Crippen LogP contribution >= 0.6 is 0 Å². The highest BCUT2D eigenvalue weighted by molar-refractivity contribution is 5.42. The maximum Gasteiger partial charge on any atom is 0.211 e. The first-order valence-electron chi connectivity index (χ1n) is 8.25. The van der Waals surface area contributed by atoms with Gasteiger partial charge in [-0.1, -0.05) is 30.3 Å². The van der Waals surface area contributed by atoms with Gasteiger partial charge in [-0.3, -0.25) is 0 Å². The summed E-state index contributed by atoms with van der Waals surface area (Å²) in [5.41, 5.74) is 1.95. The van der Waals surface area contributed by atoms with E-state index in [1.165, 1.54) is 5.56 Å². The van der Waals surface area contributed by atoms with E-state index < -0.39 is 6.29 Å². The van der Waals surface area contributed by atoms with Crippen molar-refractivity contribution in [3.05, 3.63) is 59.7 Å². The summed E-state index contributed by atoms with van der Waals surface area (Å²) in [6.45, 7) is 2.55. The third-order valence-electron chi connectivity index (χ3n) is 4.48. The van der Waals surface area contributed by atoms with Gasteiger partial charge in [-0.2, -0.15) is 0 Å². The Morgan fingerprint density at radius 3 is 2.44 bits per heavy atom. The molecule has 5 heteroatoms. The fraction of sp³-hybridized carbons (Fsp3) is 0.400. The summed E-state index contributed by atoms with van der Waals surface area (Å²) in [6.07, 6.45) is 0.378. The lowest BCUT2D eigenvalue weighted by molar-refractivity contribution is -0.183. The van der Waals surface area contributed by atoms with Crippen LogP contribution in [0.4, 0.5) is 0 Å². The zero-order valence-corrected chi connectivity index (χ0v) is 14.9. The summed E-state index contributed by atoms with van der Waals surface area (Å²) in [5.74, 6) is 1.63. The van der Waals surface area contributed by atoms with E-state index in [2.05, 4.69) is 13.0 Å². The van der Waals surface area contributed by atoms with Crippen molar-refractivity contribution in [1.29, 1.82) is 0 Å². The van der Waals surface area contributed by atoms with Gasteiger partial charge < -0.3 is 23.7 Å². The number of hydrogen-bond donors (Lipinski definition) is 0. The molecule has 0 bridgehead atoms. The number of hydrogen-bond acceptors (Lipinski definition) is 5. The number of benzene rings is 2. The third-order valence-corrected chi connectivity index (χ3v) is 4.48. The Labute approximate surface area is 148 Å². The Hall–Kier alpha value is -2.08. The highest BCUT2D eigenvalue weighted by atomic mass is 16.7. The second kappa shape index (κ2) is 7.87. The molecule has 2 aromatic carbocycles. The minimum atomic E-state index is -0.437. The van der Waals surface area contributed by atoms with Crippen molar-refractivity contribution >= 4 is 0 Å². The molecule has 2 unspecified atom stereocenters. The maximum atomic E-state index is 6.15. The average Bonchev–Trinajstić information content (AvgIpc) is 2.65. The molecule has 0 fully saturated rings. The Morgan fingerprint density at radius 1 is 1.00 bits per heavy atom. The van der Waals surface area contributed by atoms with E-state index in [1.54, 1.807) is 14.2 Å². The molecule has 1 aliphatic rings. The monoisotopic (exact) mass is 344 g/mol. The van der Waals surface area contributed by atoms with Gasteiger partial charge in [0.05, 0.1) is 5.41 Å². The van der Waals surface area contributed by atoms with E-state index in [0.29, 0.717) is 0 Å². The SMILES string of the molecule is COCOc1ccc(C2(C)Cc3ccccc3OC2OCOC)cc1. The van der Waals surface area contributed by atoms with Crippen molar-refractivity contribution in [1.82, 2.24) is 0 Å². The van der Waals surface area contributed by atoms with Crippen LogP contribution in [0.3, 0.4) is 0 Å². The maximum absolute atomic E-state index is 6.15. The normalized spacial score (nSPS) is 22.1. The number of para-hydroxylation sites is 1. The molecule has 2 aromatic rings. The van der Waals surface area contributed by atoms with Crippen LogP contribution in [0.25, 0.3) is 0 Å². The van der Waals surface area contributed by atoms with Crippen molar-refractivity contribution in [2.24, 2.45) is 0 Å². The number of methoxy groups -OCH3 is 2. The first-order valence-corrected chi connectivity index (χ1v) is 8.25. The van der Waals surface area contributed by atoms with Gasteiger partial charge in [0.15, 0.2) is 13.6 Å². The minimum Gasteiger partial charge on any atom is -0.468 e. The standard InChI is InChI=1S/C20H24O5/c1-20(16-8-10-17(11-9-16)23-13-21-2)12-15-6-4-5-7-18(15)25-19(20)24-14-22-3/h4-11,19H,12-14H2,1-3H3.